The van der Waals surface area contributed by atoms with Crippen LogP contribution in [0.15, 0.2) is 0 Å². The normalized spacial score (nSPS) is 32.7. The van der Waals surface area contributed by atoms with Crippen molar-refractivity contribution in [2.45, 2.75) is 44.6 Å². The Balaban J connectivity index is 1.82. The van der Waals surface area contributed by atoms with Crippen molar-refractivity contribution in [2.75, 3.05) is 59.9 Å². The molecule has 1 heterocycles. The number of nitrogens with zero attached hydrogens (tertiary/aromatic N) is 3. The van der Waals surface area contributed by atoms with E-state index in [-0.39, 0.29) is 0 Å². The van der Waals surface area contributed by atoms with Crippen molar-refractivity contribution >= 4 is 0 Å². The summed E-state index contributed by atoms with van der Waals surface area (Å²) in [5.74, 6) is 0.950. The summed E-state index contributed by atoms with van der Waals surface area (Å²) in [6, 6.07) is 0. The summed E-state index contributed by atoms with van der Waals surface area (Å²) in [5.41, 5.74) is 6.55. The molecular formula is C17H36N4. The van der Waals surface area contributed by atoms with E-state index in [1.165, 1.54) is 71.4 Å². The minimum Gasteiger partial charge on any atom is -0.329 e. The molecule has 0 unspecified atom stereocenters. The molecule has 2 N–H and O–H groups in total. The molecule has 0 spiro atoms. The quantitative estimate of drug-likeness (QED) is 0.805. The molecule has 1 aliphatic heterocycles. The first-order valence-corrected chi connectivity index (χ1v) is 8.92. The lowest BCUT2D eigenvalue weighted by atomic mass is 9.74. The van der Waals surface area contributed by atoms with E-state index in [2.05, 4.69) is 35.7 Å². The van der Waals surface area contributed by atoms with Gasteiger partial charge in [0.25, 0.3) is 0 Å². The molecule has 0 atom stereocenters. The van der Waals surface area contributed by atoms with Crippen LogP contribution in [0.25, 0.3) is 0 Å². The van der Waals surface area contributed by atoms with Gasteiger partial charge in [0.05, 0.1) is 0 Å². The summed E-state index contributed by atoms with van der Waals surface area (Å²) in [6.45, 7) is 10.4. The zero-order valence-electron chi connectivity index (χ0n) is 14.5. The highest BCUT2D eigenvalue weighted by molar-refractivity contribution is 4.97. The fraction of sp³-hybridized carbons (Fsp3) is 1.00. The Bertz CT molecular complexity index is 289. The van der Waals surface area contributed by atoms with E-state index >= 15 is 0 Å². The Morgan fingerprint density at radius 3 is 2.19 bits per heavy atom. The molecule has 124 valence electrons. The standard InChI is InChI=1S/C17H36N4/c1-4-16-5-7-17(15-18,8-6-16)21-13-11-20(12-14-21)10-9-19(2)3/h16H,4-15,18H2,1-3H3. The van der Waals surface area contributed by atoms with E-state index in [0.717, 1.165) is 12.5 Å². The van der Waals surface area contributed by atoms with Crippen LogP contribution < -0.4 is 5.73 Å². The number of likely N-dealkylation sites (N-methyl/N-ethyl adjacent to an activating group) is 1. The number of rotatable bonds is 6. The number of hydrogen-bond donors (Lipinski definition) is 1. The van der Waals surface area contributed by atoms with E-state index in [1.807, 2.05) is 0 Å². The van der Waals surface area contributed by atoms with Crippen LogP contribution in [-0.2, 0) is 0 Å². The fourth-order valence-electron chi connectivity index (χ4n) is 4.06. The Hall–Kier alpha value is -0.160. The predicted molar refractivity (Wildman–Crippen MR) is 90.6 cm³/mol. The third kappa shape index (κ3) is 4.41. The zero-order valence-corrected chi connectivity index (χ0v) is 14.5. The molecule has 2 rings (SSSR count). The monoisotopic (exact) mass is 296 g/mol. The molecule has 4 nitrogen and oxygen atoms in total. The zero-order chi connectivity index (χ0) is 15.3. The maximum atomic E-state index is 6.23. The largest absolute Gasteiger partial charge is 0.329 e. The number of nitrogens with two attached hydrogens (primary N) is 1. The summed E-state index contributed by atoms with van der Waals surface area (Å²) in [4.78, 5) is 7.61. The van der Waals surface area contributed by atoms with Crippen LogP contribution in [0, 0.1) is 5.92 Å². The molecule has 0 bridgehead atoms. The van der Waals surface area contributed by atoms with Gasteiger partial charge in [-0.2, -0.15) is 0 Å². The van der Waals surface area contributed by atoms with Crippen LogP contribution >= 0.6 is 0 Å². The van der Waals surface area contributed by atoms with Crippen LogP contribution in [0.1, 0.15) is 39.0 Å². The molecule has 1 saturated carbocycles. The van der Waals surface area contributed by atoms with Gasteiger partial charge in [0.1, 0.15) is 0 Å². The molecule has 0 aromatic rings. The van der Waals surface area contributed by atoms with Gasteiger partial charge in [-0.25, -0.2) is 0 Å². The Kier molecular flexibility index (Phi) is 6.48. The van der Waals surface area contributed by atoms with E-state index in [1.54, 1.807) is 0 Å². The van der Waals surface area contributed by atoms with Gasteiger partial charge in [-0.15, -0.1) is 0 Å². The third-order valence-corrected chi connectivity index (χ3v) is 5.90. The van der Waals surface area contributed by atoms with E-state index in [4.69, 9.17) is 5.73 Å². The van der Waals surface area contributed by atoms with Gasteiger partial charge in [0.15, 0.2) is 0 Å². The Labute approximate surface area is 131 Å². The minimum absolute atomic E-state index is 0.319. The summed E-state index contributed by atoms with van der Waals surface area (Å²) in [5, 5.41) is 0. The first-order valence-electron chi connectivity index (χ1n) is 8.92. The van der Waals surface area contributed by atoms with Crippen LogP contribution in [-0.4, -0.2) is 80.1 Å². The van der Waals surface area contributed by atoms with Gasteiger partial charge in [0, 0.05) is 51.4 Å². The maximum Gasteiger partial charge on any atom is 0.0333 e. The number of piperazine rings is 1. The van der Waals surface area contributed by atoms with E-state index in [0.29, 0.717) is 5.54 Å². The highest BCUT2D eigenvalue weighted by Gasteiger charge is 2.39. The fourth-order valence-corrected chi connectivity index (χ4v) is 4.06. The molecule has 21 heavy (non-hydrogen) atoms. The first kappa shape index (κ1) is 17.2. The lowest BCUT2D eigenvalue weighted by Gasteiger charge is -2.50. The maximum absolute atomic E-state index is 6.23. The van der Waals surface area contributed by atoms with Gasteiger partial charge in [-0.1, -0.05) is 13.3 Å². The minimum atomic E-state index is 0.319. The highest BCUT2D eigenvalue weighted by Crippen LogP contribution is 2.37. The van der Waals surface area contributed by atoms with Gasteiger partial charge in [0.2, 0.25) is 0 Å². The lowest BCUT2D eigenvalue weighted by Crippen LogP contribution is -2.61. The SMILES string of the molecule is CCC1CCC(CN)(N2CCN(CCN(C)C)CC2)CC1. The van der Waals surface area contributed by atoms with Crippen molar-refractivity contribution in [2.24, 2.45) is 11.7 Å². The van der Waals surface area contributed by atoms with Crippen LogP contribution in [0.2, 0.25) is 0 Å². The third-order valence-electron chi connectivity index (χ3n) is 5.90. The molecular weight excluding hydrogens is 260 g/mol. The predicted octanol–water partition coefficient (Wildman–Crippen LogP) is 1.46. The molecule has 2 aliphatic rings. The highest BCUT2D eigenvalue weighted by atomic mass is 15.3. The summed E-state index contributed by atoms with van der Waals surface area (Å²) in [6.07, 6.45) is 6.75. The summed E-state index contributed by atoms with van der Waals surface area (Å²) < 4.78 is 0. The van der Waals surface area contributed by atoms with E-state index < -0.39 is 0 Å². The average Bonchev–Trinajstić information content (AvgIpc) is 2.53. The summed E-state index contributed by atoms with van der Waals surface area (Å²) >= 11 is 0. The molecule has 0 aromatic carbocycles. The van der Waals surface area contributed by atoms with Gasteiger partial charge < -0.3 is 10.6 Å². The van der Waals surface area contributed by atoms with Crippen LogP contribution in [0.5, 0.6) is 0 Å². The van der Waals surface area contributed by atoms with Crippen LogP contribution in [0.3, 0.4) is 0 Å². The van der Waals surface area contributed by atoms with Crippen molar-refractivity contribution in [3.05, 3.63) is 0 Å². The molecule has 0 radical (unpaired) electrons. The summed E-state index contributed by atoms with van der Waals surface area (Å²) in [7, 11) is 4.32. The Morgan fingerprint density at radius 1 is 1.10 bits per heavy atom. The lowest BCUT2D eigenvalue weighted by molar-refractivity contribution is 0.00237. The van der Waals surface area contributed by atoms with Crippen molar-refractivity contribution in [3.63, 3.8) is 0 Å². The van der Waals surface area contributed by atoms with Crippen molar-refractivity contribution in [1.29, 1.82) is 0 Å². The topological polar surface area (TPSA) is 35.7 Å². The number of hydrogen-bond acceptors (Lipinski definition) is 4. The second kappa shape index (κ2) is 7.91. The Morgan fingerprint density at radius 2 is 1.71 bits per heavy atom. The second-order valence-corrected chi connectivity index (χ2v) is 7.41. The van der Waals surface area contributed by atoms with E-state index in [9.17, 15) is 0 Å². The van der Waals surface area contributed by atoms with Crippen molar-refractivity contribution in [3.8, 4) is 0 Å². The van der Waals surface area contributed by atoms with Crippen LogP contribution in [0.4, 0.5) is 0 Å². The molecule has 1 aliphatic carbocycles. The van der Waals surface area contributed by atoms with Crippen molar-refractivity contribution in [1.82, 2.24) is 14.7 Å². The van der Waals surface area contributed by atoms with Gasteiger partial charge in [-0.05, 0) is 45.7 Å². The molecule has 2 fully saturated rings. The van der Waals surface area contributed by atoms with Gasteiger partial charge >= 0.3 is 0 Å². The molecule has 4 heteroatoms. The average molecular weight is 297 g/mol. The van der Waals surface area contributed by atoms with Gasteiger partial charge in [-0.3, -0.25) is 9.80 Å². The first-order chi connectivity index (χ1) is 10.1. The smallest absolute Gasteiger partial charge is 0.0333 e. The molecule has 1 saturated heterocycles. The molecule has 0 amide bonds. The second-order valence-electron chi connectivity index (χ2n) is 7.41. The molecule has 0 aromatic heterocycles. The van der Waals surface area contributed by atoms with Crippen molar-refractivity contribution < 1.29 is 0 Å².